The Morgan fingerprint density at radius 1 is 0.724 bits per heavy atom. The Bertz CT molecular complexity index is 1030. The van der Waals surface area contributed by atoms with Gasteiger partial charge in [-0.2, -0.15) is 0 Å². The number of aryl methyl sites for hydroxylation is 3. The third-order valence-corrected chi connectivity index (χ3v) is 5.90. The molecule has 154 valence electrons. The quantitative estimate of drug-likeness (QED) is 0.436. The van der Waals surface area contributed by atoms with E-state index in [1.807, 2.05) is 0 Å². The van der Waals surface area contributed by atoms with E-state index in [0.29, 0.717) is 0 Å². The molecule has 0 atom stereocenters. The smallest absolute Gasteiger partial charge is 0.222 e. The second kappa shape index (κ2) is 10.4. The molecule has 0 spiro atoms. The van der Waals surface area contributed by atoms with Crippen LogP contribution in [0.1, 0.15) is 50.7 Å². The van der Waals surface area contributed by atoms with Gasteiger partial charge in [0, 0.05) is 13.1 Å². The summed E-state index contributed by atoms with van der Waals surface area (Å²) in [6, 6.07) is 16.8. The fourth-order valence-electron chi connectivity index (χ4n) is 3.03. The number of unbranched alkanes of at least 4 members (excludes halogenated alkanes) is 2. The molecule has 0 aliphatic heterocycles. The van der Waals surface area contributed by atoms with Gasteiger partial charge >= 0.3 is 0 Å². The molecule has 3 aromatic rings. The molecule has 0 unspecified atom stereocenters. The van der Waals surface area contributed by atoms with Gasteiger partial charge in [-0.15, -0.1) is 0 Å². The zero-order valence-electron chi connectivity index (χ0n) is 18.1. The van der Waals surface area contributed by atoms with Crippen LogP contribution in [0.4, 0.5) is 11.4 Å². The van der Waals surface area contributed by atoms with Crippen LogP contribution in [0.5, 0.6) is 0 Å². The van der Waals surface area contributed by atoms with Gasteiger partial charge in [-0.25, -0.2) is 9.98 Å². The number of hydrogen-bond acceptors (Lipinski definition) is 3. The Balaban J connectivity index is 2.18. The highest BCUT2D eigenvalue weighted by atomic mass is 32.1. The maximum atomic E-state index is 5.04. The number of hydrogen-bond donors (Lipinski definition) is 0. The molecule has 1 heterocycles. The maximum absolute atomic E-state index is 5.04. The van der Waals surface area contributed by atoms with Crippen molar-refractivity contribution in [2.45, 2.75) is 66.5 Å². The first-order valence-electron chi connectivity index (χ1n) is 10.6. The minimum atomic E-state index is 0.932. The lowest BCUT2D eigenvalue weighted by atomic mass is 10.2. The summed E-state index contributed by atoms with van der Waals surface area (Å²) >= 11 is 1.72. The monoisotopic (exact) mass is 408 g/mol. The van der Waals surface area contributed by atoms with Gasteiger partial charge in [0.2, 0.25) is 10.4 Å². The molecule has 0 saturated carbocycles. The third-order valence-electron chi connectivity index (χ3n) is 4.86. The van der Waals surface area contributed by atoms with Crippen LogP contribution in [0.25, 0.3) is 0 Å². The van der Waals surface area contributed by atoms with E-state index in [0.717, 1.165) is 60.6 Å². The highest BCUT2D eigenvalue weighted by molar-refractivity contribution is 7.03. The summed E-state index contributed by atoms with van der Waals surface area (Å²) < 4.78 is 4.61. The van der Waals surface area contributed by atoms with Gasteiger partial charge in [-0.05, 0) is 62.5 Å². The summed E-state index contributed by atoms with van der Waals surface area (Å²) in [6.07, 6.45) is 4.56. The van der Waals surface area contributed by atoms with Gasteiger partial charge in [0.25, 0.3) is 0 Å². The van der Waals surface area contributed by atoms with E-state index < -0.39 is 0 Å². The predicted molar refractivity (Wildman–Crippen MR) is 123 cm³/mol. The molecule has 3 rings (SSSR count). The van der Waals surface area contributed by atoms with E-state index >= 15 is 0 Å². The van der Waals surface area contributed by atoms with Gasteiger partial charge in [-0.3, -0.25) is 8.52 Å². The molecule has 4 nitrogen and oxygen atoms in total. The van der Waals surface area contributed by atoms with E-state index in [4.69, 9.17) is 9.98 Å². The van der Waals surface area contributed by atoms with Gasteiger partial charge in [0.05, 0.1) is 11.4 Å². The van der Waals surface area contributed by atoms with Crippen LogP contribution < -0.4 is 10.4 Å². The van der Waals surface area contributed by atoms with Crippen molar-refractivity contribution < 1.29 is 0 Å². The number of benzene rings is 2. The molecule has 2 aromatic carbocycles. The zero-order chi connectivity index (χ0) is 20.6. The van der Waals surface area contributed by atoms with Crippen molar-refractivity contribution in [3.63, 3.8) is 0 Å². The molecule has 29 heavy (non-hydrogen) atoms. The third kappa shape index (κ3) is 5.80. The second-order valence-electron chi connectivity index (χ2n) is 7.53. The van der Waals surface area contributed by atoms with Crippen molar-refractivity contribution >= 4 is 22.9 Å². The zero-order valence-corrected chi connectivity index (χ0v) is 18.9. The SMILES string of the molecule is CCCCn1sc(=Nc2ccc(C)cc2)n(CCCC)c1=Nc1ccc(C)cc1. The van der Waals surface area contributed by atoms with Crippen LogP contribution in [0.2, 0.25) is 0 Å². The molecule has 0 radical (unpaired) electrons. The molecule has 0 N–H and O–H groups in total. The van der Waals surface area contributed by atoms with Crippen LogP contribution in [0.15, 0.2) is 58.5 Å². The Morgan fingerprint density at radius 2 is 1.24 bits per heavy atom. The van der Waals surface area contributed by atoms with Crippen LogP contribution in [-0.4, -0.2) is 8.52 Å². The first-order chi connectivity index (χ1) is 14.1. The van der Waals surface area contributed by atoms with E-state index in [1.165, 1.54) is 11.1 Å². The maximum Gasteiger partial charge on any atom is 0.222 e. The van der Waals surface area contributed by atoms with Gasteiger partial charge in [-0.1, -0.05) is 62.1 Å². The first-order valence-corrected chi connectivity index (χ1v) is 11.4. The van der Waals surface area contributed by atoms with Crippen LogP contribution in [-0.2, 0) is 13.1 Å². The Kier molecular flexibility index (Phi) is 7.64. The molecule has 1 aromatic heterocycles. The van der Waals surface area contributed by atoms with Crippen molar-refractivity contribution in [3.8, 4) is 0 Å². The Hall–Kier alpha value is -2.40. The molecular weight excluding hydrogens is 376 g/mol. The molecule has 0 amide bonds. The number of aromatic nitrogens is 2. The molecule has 0 aliphatic rings. The number of nitrogens with zero attached hydrogens (tertiary/aromatic N) is 4. The highest BCUT2D eigenvalue weighted by Gasteiger charge is 2.08. The predicted octanol–water partition coefficient (Wildman–Crippen LogP) is 6.03. The lowest BCUT2D eigenvalue weighted by Gasteiger charge is -2.04. The van der Waals surface area contributed by atoms with Crippen molar-refractivity contribution in [2.24, 2.45) is 9.98 Å². The Labute approximate surface area is 178 Å². The van der Waals surface area contributed by atoms with Crippen molar-refractivity contribution in [2.75, 3.05) is 0 Å². The minimum absolute atomic E-state index is 0.932. The van der Waals surface area contributed by atoms with E-state index in [1.54, 1.807) is 11.5 Å². The van der Waals surface area contributed by atoms with Gasteiger partial charge < -0.3 is 0 Å². The molecule has 0 bridgehead atoms. The topological polar surface area (TPSA) is 34.6 Å². The lowest BCUT2D eigenvalue weighted by Crippen LogP contribution is -2.30. The molecule has 0 aliphatic carbocycles. The summed E-state index contributed by atoms with van der Waals surface area (Å²) in [4.78, 5) is 11.0. The first kappa shape index (κ1) is 21.3. The number of rotatable bonds is 8. The summed E-state index contributed by atoms with van der Waals surface area (Å²) in [7, 11) is 0. The normalized spacial score (nSPS) is 12.7. The van der Waals surface area contributed by atoms with Gasteiger partial charge in [0.15, 0.2) is 0 Å². The largest absolute Gasteiger partial charge is 0.286 e. The average molecular weight is 409 g/mol. The van der Waals surface area contributed by atoms with Crippen molar-refractivity contribution in [1.82, 2.24) is 8.52 Å². The molecule has 5 heteroatoms. The van der Waals surface area contributed by atoms with Crippen molar-refractivity contribution in [1.29, 1.82) is 0 Å². The van der Waals surface area contributed by atoms with E-state index in [2.05, 4.69) is 84.7 Å². The van der Waals surface area contributed by atoms with Gasteiger partial charge in [0.1, 0.15) is 0 Å². The average Bonchev–Trinajstić information content (AvgIpc) is 3.04. The summed E-state index contributed by atoms with van der Waals surface area (Å²) in [5, 5.41) is 0. The van der Waals surface area contributed by atoms with Crippen LogP contribution >= 0.6 is 11.5 Å². The minimum Gasteiger partial charge on any atom is -0.286 e. The second-order valence-corrected chi connectivity index (χ2v) is 8.52. The van der Waals surface area contributed by atoms with Crippen molar-refractivity contribution in [3.05, 3.63) is 70.1 Å². The highest BCUT2D eigenvalue weighted by Crippen LogP contribution is 2.13. The summed E-state index contributed by atoms with van der Waals surface area (Å²) in [5.41, 5.74) is 5.49. The molecule has 0 fully saturated rings. The fraction of sp³-hybridized carbons (Fsp3) is 0.417. The molecular formula is C24H32N4S. The van der Waals surface area contributed by atoms with E-state index in [-0.39, 0.29) is 0 Å². The standard InChI is InChI=1S/C24H32N4S/c1-5-7-17-27-23(25-21-13-9-19(3)10-14-21)28(18-8-6-2)29-24(27)26-22-15-11-20(4)12-16-22/h9-16H,5-8,17-18H2,1-4H3. The van der Waals surface area contributed by atoms with E-state index in [9.17, 15) is 0 Å². The fourth-order valence-corrected chi connectivity index (χ4v) is 4.09. The summed E-state index contributed by atoms with van der Waals surface area (Å²) in [5.74, 6) is 0. The Morgan fingerprint density at radius 3 is 1.79 bits per heavy atom. The summed E-state index contributed by atoms with van der Waals surface area (Å²) in [6.45, 7) is 10.6. The van der Waals surface area contributed by atoms with Crippen LogP contribution in [0.3, 0.4) is 0 Å². The van der Waals surface area contributed by atoms with Crippen LogP contribution in [0, 0.1) is 13.8 Å². The molecule has 0 saturated heterocycles. The lowest BCUT2D eigenvalue weighted by molar-refractivity contribution is 0.551.